The molecule has 1 heterocycles. The van der Waals surface area contributed by atoms with Crippen molar-refractivity contribution < 1.29 is 14.3 Å². The molecule has 4 aliphatic rings. The van der Waals surface area contributed by atoms with E-state index in [0.717, 1.165) is 50.3 Å². The third-order valence-corrected chi connectivity index (χ3v) is 9.16. The Balaban J connectivity index is 1.32. The van der Waals surface area contributed by atoms with Crippen molar-refractivity contribution in [2.45, 2.75) is 74.8 Å². The monoisotopic (exact) mass is 459 g/mol. The third-order valence-electron chi connectivity index (χ3n) is 9.16. The molecule has 3 fully saturated rings. The average Bonchev–Trinajstić information content (AvgIpc) is 3.68. The van der Waals surface area contributed by atoms with Crippen LogP contribution in [0.4, 0.5) is 0 Å². The van der Waals surface area contributed by atoms with Crippen LogP contribution in [0.25, 0.3) is 0 Å². The maximum Gasteiger partial charge on any atom is 0.134 e. The van der Waals surface area contributed by atoms with Crippen LogP contribution in [0.1, 0.15) is 61.6 Å². The summed E-state index contributed by atoms with van der Waals surface area (Å²) in [4.78, 5) is 15.7. The molecule has 2 aromatic rings. The molecule has 1 saturated heterocycles. The molecule has 1 aliphatic heterocycles. The van der Waals surface area contributed by atoms with E-state index in [1.807, 2.05) is 7.11 Å². The number of methoxy groups -OCH3 is 1. The van der Waals surface area contributed by atoms with Crippen LogP contribution >= 0.6 is 0 Å². The topological polar surface area (TPSA) is 38.8 Å². The molecule has 0 N–H and O–H groups in total. The zero-order valence-corrected chi connectivity index (χ0v) is 20.4. The predicted molar refractivity (Wildman–Crippen MR) is 133 cm³/mol. The van der Waals surface area contributed by atoms with Crippen molar-refractivity contribution >= 4 is 5.78 Å². The van der Waals surface area contributed by atoms with Crippen molar-refractivity contribution in [1.29, 1.82) is 0 Å². The normalized spacial score (nSPS) is 30.5. The maximum atomic E-state index is 13.0. The molecule has 2 unspecified atom stereocenters. The van der Waals surface area contributed by atoms with Crippen LogP contribution < -0.4 is 4.74 Å². The molecule has 2 aromatic carbocycles. The fraction of sp³-hybridized carbons (Fsp3) is 0.567. The lowest BCUT2D eigenvalue weighted by atomic mass is 9.49. The Morgan fingerprint density at radius 1 is 1.06 bits per heavy atom. The van der Waals surface area contributed by atoms with Gasteiger partial charge in [0.15, 0.2) is 0 Å². The summed E-state index contributed by atoms with van der Waals surface area (Å²) in [6.07, 6.45) is 8.75. The predicted octanol–water partition coefficient (Wildman–Crippen LogP) is 5.11. The molecule has 4 heteroatoms. The lowest BCUT2D eigenvalue weighted by molar-refractivity contribution is -0.188. The first-order valence-corrected chi connectivity index (χ1v) is 13.3. The van der Waals surface area contributed by atoms with Crippen LogP contribution in [-0.2, 0) is 27.8 Å². The Kier molecular flexibility index (Phi) is 5.77. The first kappa shape index (κ1) is 22.3. The van der Waals surface area contributed by atoms with E-state index in [-0.39, 0.29) is 11.0 Å². The number of carbonyl (C=O) groups is 1. The number of fused-ring (bicyclic) bond motifs is 1. The summed E-state index contributed by atoms with van der Waals surface area (Å²) in [5.41, 5.74) is 3.43. The highest BCUT2D eigenvalue weighted by Gasteiger charge is 2.66. The van der Waals surface area contributed by atoms with Crippen LogP contribution in [0.5, 0.6) is 5.75 Å². The minimum absolute atomic E-state index is 0.272. The highest BCUT2D eigenvalue weighted by molar-refractivity contribution is 5.83. The maximum absolute atomic E-state index is 13.0. The number of piperidine rings is 1. The van der Waals surface area contributed by atoms with E-state index in [0.29, 0.717) is 31.3 Å². The summed E-state index contributed by atoms with van der Waals surface area (Å²) in [7, 11) is 1.90. The van der Waals surface area contributed by atoms with Crippen LogP contribution in [0, 0.1) is 5.92 Å². The summed E-state index contributed by atoms with van der Waals surface area (Å²) in [5.74, 6) is 2.22. The van der Waals surface area contributed by atoms with Crippen LogP contribution in [0.3, 0.4) is 0 Å². The molecule has 0 amide bonds. The zero-order valence-electron chi connectivity index (χ0n) is 20.4. The van der Waals surface area contributed by atoms with Crippen molar-refractivity contribution in [3.8, 4) is 5.75 Å². The van der Waals surface area contributed by atoms with E-state index in [4.69, 9.17) is 9.47 Å². The van der Waals surface area contributed by atoms with Crippen molar-refractivity contribution in [2.75, 3.05) is 26.8 Å². The van der Waals surface area contributed by atoms with Gasteiger partial charge in [-0.15, -0.1) is 0 Å². The van der Waals surface area contributed by atoms with Gasteiger partial charge >= 0.3 is 0 Å². The van der Waals surface area contributed by atoms with Gasteiger partial charge in [-0.3, -0.25) is 9.69 Å². The van der Waals surface area contributed by atoms with E-state index in [1.165, 1.54) is 36.1 Å². The van der Waals surface area contributed by atoms with E-state index in [1.54, 1.807) is 0 Å². The molecular formula is C30H37NO3. The summed E-state index contributed by atoms with van der Waals surface area (Å²) in [6, 6.07) is 17.5. The fourth-order valence-corrected chi connectivity index (χ4v) is 7.43. The largest absolute Gasteiger partial charge is 0.493 e. The number of likely N-dealkylation sites (tertiary alicyclic amines) is 1. The van der Waals surface area contributed by atoms with Crippen LogP contribution in [-0.4, -0.2) is 49.1 Å². The smallest absolute Gasteiger partial charge is 0.134 e. The molecule has 3 atom stereocenters. The number of nitrogens with zero attached hydrogens (tertiary/aromatic N) is 1. The van der Waals surface area contributed by atoms with Crippen molar-refractivity contribution in [2.24, 2.45) is 5.92 Å². The summed E-state index contributed by atoms with van der Waals surface area (Å²) >= 11 is 0. The third kappa shape index (κ3) is 3.61. The van der Waals surface area contributed by atoms with Crippen LogP contribution in [0.2, 0.25) is 0 Å². The van der Waals surface area contributed by atoms with Gasteiger partial charge < -0.3 is 9.47 Å². The first-order chi connectivity index (χ1) is 16.6. The number of carbonyl (C=O) groups excluding carboxylic acids is 1. The van der Waals surface area contributed by atoms with Crippen molar-refractivity contribution in [3.05, 3.63) is 65.2 Å². The minimum atomic E-state index is -0.301. The Labute approximate surface area is 203 Å². The standard InChI is InChI=1S/C30H37NO3/c1-33-30-15-14-25(32)20-29(30)16-17-31(21-23-12-13-23)27(30)19-24-10-5-11-26(28(24)29)34-18-6-9-22-7-3-2-4-8-22/h2-5,7-8,10-11,23,27H,6,9,12-21H2,1H3/t27?,29?,30-/m1/s1. The van der Waals surface area contributed by atoms with E-state index in [2.05, 4.69) is 53.4 Å². The van der Waals surface area contributed by atoms with E-state index >= 15 is 0 Å². The number of Topliss-reactive ketones (excluding diaryl/α,β-unsaturated/α-hetero) is 1. The molecule has 3 aliphatic carbocycles. The van der Waals surface area contributed by atoms with Gasteiger partial charge in [0.25, 0.3) is 0 Å². The van der Waals surface area contributed by atoms with Gasteiger partial charge in [-0.05, 0) is 74.6 Å². The number of ketones is 1. The molecular weight excluding hydrogens is 422 g/mol. The van der Waals surface area contributed by atoms with Crippen molar-refractivity contribution in [3.63, 3.8) is 0 Å². The molecule has 0 spiro atoms. The average molecular weight is 460 g/mol. The molecule has 2 saturated carbocycles. The number of hydrogen-bond donors (Lipinski definition) is 0. The van der Waals surface area contributed by atoms with Gasteiger partial charge in [-0.2, -0.15) is 0 Å². The highest BCUT2D eigenvalue weighted by atomic mass is 16.5. The summed E-state index contributed by atoms with van der Waals surface area (Å²) in [5, 5.41) is 0. The van der Waals surface area contributed by atoms with Gasteiger partial charge in [0.1, 0.15) is 11.5 Å². The van der Waals surface area contributed by atoms with Gasteiger partial charge in [0.05, 0.1) is 12.2 Å². The van der Waals surface area contributed by atoms with Gasteiger partial charge in [-0.1, -0.05) is 42.5 Å². The van der Waals surface area contributed by atoms with Gasteiger partial charge in [-0.25, -0.2) is 0 Å². The highest BCUT2D eigenvalue weighted by Crippen LogP contribution is 2.61. The molecule has 0 radical (unpaired) electrons. The molecule has 34 heavy (non-hydrogen) atoms. The van der Waals surface area contributed by atoms with Crippen LogP contribution in [0.15, 0.2) is 48.5 Å². The van der Waals surface area contributed by atoms with E-state index in [9.17, 15) is 4.79 Å². The SMILES string of the molecule is CO[C@@]12CCC(=O)CC13CCN(CC1CC1)C2Cc1cccc(OCCCc2ccccc2)c13. The van der Waals surface area contributed by atoms with Gasteiger partial charge in [0.2, 0.25) is 0 Å². The van der Waals surface area contributed by atoms with Gasteiger partial charge in [0, 0.05) is 43.5 Å². The first-order valence-electron chi connectivity index (χ1n) is 13.3. The number of aryl methyl sites for hydroxylation is 1. The Morgan fingerprint density at radius 2 is 1.91 bits per heavy atom. The minimum Gasteiger partial charge on any atom is -0.493 e. The molecule has 0 aromatic heterocycles. The zero-order chi connectivity index (χ0) is 23.2. The molecule has 4 nitrogen and oxygen atoms in total. The fourth-order valence-electron chi connectivity index (χ4n) is 7.43. The molecule has 180 valence electrons. The lowest BCUT2D eigenvalue weighted by Gasteiger charge is -2.65. The number of rotatable bonds is 8. The molecule has 2 bridgehead atoms. The summed E-state index contributed by atoms with van der Waals surface area (Å²) in [6.45, 7) is 2.93. The second-order valence-corrected chi connectivity index (χ2v) is 11.0. The number of benzene rings is 2. The Bertz CT molecular complexity index is 1050. The number of hydrogen-bond acceptors (Lipinski definition) is 4. The van der Waals surface area contributed by atoms with Crippen molar-refractivity contribution in [1.82, 2.24) is 4.90 Å². The second-order valence-electron chi connectivity index (χ2n) is 11.0. The summed E-state index contributed by atoms with van der Waals surface area (Å²) < 4.78 is 13.1. The second kappa shape index (κ2) is 8.80. The quantitative estimate of drug-likeness (QED) is 0.514. The lowest BCUT2D eigenvalue weighted by Crippen LogP contribution is -2.74. The Morgan fingerprint density at radius 3 is 2.71 bits per heavy atom. The van der Waals surface area contributed by atoms with E-state index < -0.39 is 0 Å². The molecule has 6 rings (SSSR count). The Hall–Kier alpha value is -2.17. The number of ether oxygens (including phenoxy) is 2.